The molecule has 2 bridgehead atoms. The topological polar surface area (TPSA) is 52.0 Å². The van der Waals surface area contributed by atoms with Crippen LogP contribution >= 0.6 is 0 Å². The predicted molar refractivity (Wildman–Crippen MR) is 246 cm³/mol. The van der Waals surface area contributed by atoms with Crippen molar-refractivity contribution in [3.05, 3.63) is 242 Å². The van der Waals surface area contributed by atoms with Gasteiger partial charge >= 0.3 is 0 Å². The average molecular weight is 782 g/mol. The molecular weight excluding hydrogens is 751 g/mol. The van der Waals surface area contributed by atoms with Gasteiger partial charge in [-0.2, -0.15) is 10.5 Å². The monoisotopic (exact) mass is 781 g/mol. The fourth-order valence-electron chi connectivity index (χ4n) is 14.4. The summed E-state index contributed by atoms with van der Waals surface area (Å²) < 4.78 is 2.47. The Kier molecular flexibility index (Phi) is 5.39. The van der Waals surface area contributed by atoms with E-state index in [0.29, 0.717) is 0 Å². The summed E-state index contributed by atoms with van der Waals surface area (Å²) in [4.78, 5) is 0. The number of rotatable bonds is 1. The second kappa shape index (κ2) is 10.5. The van der Waals surface area contributed by atoms with E-state index in [1.165, 1.54) is 110 Å². The van der Waals surface area contributed by atoms with E-state index >= 15 is 0 Å². The second-order valence-corrected chi connectivity index (χ2v) is 18.3. The van der Waals surface area contributed by atoms with E-state index < -0.39 is 0 Å². The van der Waals surface area contributed by atoms with E-state index in [4.69, 9.17) is 0 Å². The molecule has 0 aliphatic heterocycles. The number of fused-ring (bicyclic) bond motifs is 16. The van der Waals surface area contributed by atoms with Crippen LogP contribution in [0.3, 0.4) is 0 Å². The highest BCUT2D eigenvalue weighted by atomic mass is 14.9. The van der Waals surface area contributed by atoms with Crippen LogP contribution in [0.4, 0.5) is 0 Å². The summed E-state index contributed by atoms with van der Waals surface area (Å²) in [7, 11) is 0. The minimum absolute atomic E-state index is 0.0256. The summed E-state index contributed by atoms with van der Waals surface area (Å²) in [5.74, 6) is 0.189. The zero-order chi connectivity index (χ0) is 40.3. The predicted octanol–water partition coefficient (Wildman–Crippen LogP) is 13.3. The third-order valence-corrected chi connectivity index (χ3v) is 16.2. The van der Waals surface area contributed by atoms with Crippen LogP contribution in [0.25, 0.3) is 60.0 Å². The lowest BCUT2D eigenvalue weighted by atomic mass is 9.43. The van der Waals surface area contributed by atoms with Crippen LogP contribution in [0.1, 0.15) is 102 Å². The molecule has 0 saturated carbocycles. The van der Waals surface area contributed by atoms with Crippen molar-refractivity contribution >= 4 is 48.9 Å². The number of benzene rings is 9. The van der Waals surface area contributed by atoms with E-state index in [1.54, 1.807) is 0 Å². The van der Waals surface area contributed by atoms with Crippen LogP contribution in [-0.4, -0.2) is 4.40 Å². The first-order valence-corrected chi connectivity index (χ1v) is 21.8. The third kappa shape index (κ3) is 3.19. The van der Waals surface area contributed by atoms with Crippen molar-refractivity contribution in [1.29, 1.82) is 10.5 Å². The summed E-state index contributed by atoms with van der Waals surface area (Å²) in [5.41, 5.74) is 22.7. The fraction of sp³-hybridized carbons (Fsp3) is 0.0847. The summed E-state index contributed by atoms with van der Waals surface area (Å²) in [6.45, 7) is 0. The zero-order valence-corrected chi connectivity index (χ0v) is 33.2. The van der Waals surface area contributed by atoms with Gasteiger partial charge in [-0.05, 0) is 107 Å². The molecule has 3 atom stereocenters. The Labute approximate surface area is 356 Å². The quantitative estimate of drug-likeness (QED) is 0.167. The lowest BCUT2D eigenvalue weighted by molar-refractivity contribution is 0.333. The molecule has 3 heteroatoms. The molecule has 0 amide bonds. The second-order valence-electron chi connectivity index (χ2n) is 18.3. The van der Waals surface area contributed by atoms with Gasteiger partial charge in [0.25, 0.3) is 0 Å². The van der Waals surface area contributed by atoms with Gasteiger partial charge in [-0.25, -0.2) is 0 Å². The van der Waals surface area contributed by atoms with Crippen LogP contribution in [0.15, 0.2) is 164 Å². The SMILES string of the molecule is N#Cc1cc2c(c3c1C1c4ccccc4C3c3ccccc31)c1c3cccc(-c4ccccc4)c3cc3c4c5c(c(C#N)cc4n2c31)C1c2ccccc2C12c1ccccc1C52. The molecule has 9 aromatic carbocycles. The fourth-order valence-corrected chi connectivity index (χ4v) is 14.4. The molecule has 11 aromatic rings. The lowest BCUT2D eigenvalue weighted by Gasteiger charge is -2.58. The van der Waals surface area contributed by atoms with Crippen LogP contribution in [0.2, 0.25) is 0 Å². The Bertz CT molecular complexity index is 3990. The van der Waals surface area contributed by atoms with Crippen molar-refractivity contribution in [2.75, 3.05) is 0 Å². The first kappa shape index (κ1) is 31.9. The van der Waals surface area contributed by atoms with E-state index in [1.807, 2.05) is 0 Å². The molecule has 282 valence electrons. The maximum atomic E-state index is 11.3. The highest BCUT2D eigenvalue weighted by Crippen LogP contribution is 2.78. The minimum Gasteiger partial charge on any atom is -0.308 e. The van der Waals surface area contributed by atoms with Crippen molar-refractivity contribution in [3.63, 3.8) is 0 Å². The van der Waals surface area contributed by atoms with Gasteiger partial charge in [0.15, 0.2) is 0 Å². The number of nitriles is 2. The van der Waals surface area contributed by atoms with Gasteiger partial charge in [0.05, 0.1) is 39.8 Å². The zero-order valence-electron chi connectivity index (χ0n) is 33.2. The normalized spacial score (nSPS) is 21.3. The maximum Gasteiger partial charge on any atom is 0.0995 e. The van der Waals surface area contributed by atoms with Crippen molar-refractivity contribution < 1.29 is 0 Å². The molecule has 1 spiro atoms. The van der Waals surface area contributed by atoms with Gasteiger partial charge in [-0.3, -0.25) is 0 Å². The van der Waals surface area contributed by atoms with Gasteiger partial charge in [-0.1, -0.05) is 146 Å². The van der Waals surface area contributed by atoms with Crippen LogP contribution in [-0.2, 0) is 5.41 Å². The van der Waals surface area contributed by atoms with E-state index in [9.17, 15) is 10.5 Å². The largest absolute Gasteiger partial charge is 0.308 e. The maximum absolute atomic E-state index is 11.3. The Morgan fingerprint density at radius 1 is 0.419 bits per heavy atom. The Morgan fingerprint density at radius 3 is 1.58 bits per heavy atom. The molecule has 2 aromatic heterocycles. The first-order valence-electron chi connectivity index (χ1n) is 21.8. The van der Waals surface area contributed by atoms with E-state index in [-0.39, 0.29) is 29.1 Å². The molecular formula is C59H31N3. The summed E-state index contributed by atoms with van der Waals surface area (Å²) in [6, 6.07) is 65.9. The molecule has 62 heavy (non-hydrogen) atoms. The third-order valence-electron chi connectivity index (χ3n) is 16.2. The number of hydrogen-bond acceptors (Lipinski definition) is 2. The van der Waals surface area contributed by atoms with Crippen LogP contribution in [0.5, 0.6) is 0 Å². The molecule has 17 rings (SSSR count). The lowest BCUT2D eigenvalue weighted by Crippen LogP contribution is -2.52. The molecule has 0 radical (unpaired) electrons. The minimum atomic E-state index is -0.187. The number of nitrogens with zero attached hydrogens (tertiary/aromatic N) is 3. The smallest absolute Gasteiger partial charge is 0.0995 e. The molecule has 3 nitrogen and oxygen atoms in total. The standard InChI is InChI=1S/C59H31N3/c60-28-31-25-46-53(54-47(31)49-34-15-4-6-17-36(34)50(54)37-18-7-5-16-35(37)49)52-38-22-12-21-33(30-13-2-1-3-14-30)41(38)27-42-51-45(62(46)58(42)52)26-32(29-61)48-55(51)57-40-20-9-11-24-44(40)59(57)43-23-10-8-19-39(43)56(48)59/h1-27,49-50,56-57H. The Hall–Kier alpha value is -7.98. The molecule has 0 fully saturated rings. The molecule has 6 aliphatic carbocycles. The molecule has 6 aliphatic rings. The molecule has 0 N–H and O–H groups in total. The van der Waals surface area contributed by atoms with Gasteiger partial charge in [0, 0.05) is 50.6 Å². The van der Waals surface area contributed by atoms with Crippen molar-refractivity contribution in [1.82, 2.24) is 4.40 Å². The van der Waals surface area contributed by atoms with Gasteiger partial charge in [-0.15, -0.1) is 0 Å². The summed E-state index contributed by atoms with van der Waals surface area (Å²) in [6.07, 6.45) is 0. The van der Waals surface area contributed by atoms with Gasteiger partial charge in [0.1, 0.15) is 0 Å². The van der Waals surface area contributed by atoms with Crippen molar-refractivity contribution in [2.24, 2.45) is 0 Å². The molecule has 3 unspecified atom stereocenters. The average Bonchev–Trinajstić information content (AvgIpc) is 3.91. The van der Waals surface area contributed by atoms with Crippen molar-refractivity contribution in [2.45, 2.75) is 29.1 Å². The van der Waals surface area contributed by atoms with Crippen LogP contribution < -0.4 is 0 Å². The number of aromatic nitrogens is 1. The van der Waals surface area contributed by atoms with E-state index in [0.717, 1.165) is 27.7 Å². The van der Waals surface area contributed by atoms with E-state index in [2.05, 4.69) is 180 Å². The van der Waals surface area contributed by atoms with Gasteiger partial charge in [0.2, 0.25) is 0 Å². The Morgan fingerprint density at radius 2 is 0.952 bits per heavy atom. The summed E-state index contributed by atoms with van der Waals surface area (Å²) >= 11 is 0. The molecule has 0 saturated heterocycles. The van der Waals surface area contributed by atoms with Crippen molar-refractivity contribution in [3.8, 4) is 23.3 Å². The number of hydrogen-bond donors (Lipinski definition) is 0. The Balaban J connectivity index is 1.15. The highest BCUT2D eigenvalue weighted by molar-refractivity contribution is 6.34. The van der Waals surface area contributed by atoms with Crippen LogP contribution in [0, 0.1) is 22.7 Å². The van der Waals surface area contributed by atoms with Gasteiger partial charge < -0.3 is 4.40 Å². The highest BCUT2D eigenvalue weighted by Gasteiger charge is 2.70. The molecule has 2 heterocycles. The first-order chi connectivity index (χ1) is 30.7. The summed E-state index contributed by atoms with van der Waals surface area (Å²) in [5, 5.41) is 30.0.